The highest BCUT2D eigenvalue weighted by molar-refractivity contribution is 6.31. The molecule has 20 heavy (non-hydrogen) atoms. The van der Waals surface area contributed by atoms with Crippen LogP contribution in [-0.2, 0) is 13.0 Å². The Kier molecular flexibility index (Phi) is 5.21. The molecular weight excluding hydrogens is 270 g/mol. The Bertz CT molecular complexity index is 563. The van der Waals surface area contributed by atoms with Gasteiger partial charge in [0.2, 0.25) is 0 Å². The molecule has 4 heteroatoms. The minimum absolute atomic E-state index is 0.271. The van der Waals surface area contributed by atoms with E-state index in [1.165, 1.54) is 11.1 Å². The van der Waals surface area contributed by atoms with Gasteiger partial charge in [0.25, 0.3) is 0 Å². The minimum atomic E-state index is 0.271. The number of aryl methyl sites for hydroxylation is 1. The predicted octanol–water partition coefficient (Wildman–Crippen LogP) is 3.76. The van der Waals surface area contributed by atoms with Gasteiger partial charge in [-0.3, -0.25) is 4.68 Å². The molecule has 0 bridgehead atoms. The summed E-state index contributed by atoms with van der Waals surface area (Å²) in [5.41, 5.74) is 3.67. The first-order valence-corrected chi connectivity index (χ1v) is 7.53. The van der Waals surface area contributed by atoms with Crippen LogP contribution in [0.4, 0.5) is 0 Å². The third-order valence-corrected chi connectivity index (χ3v) is 4.00. The van der Waals surface area contributed by atoms with Crippen molar-refractivity contribution in [1.82, 2.24) is 15.1 Å². The smallest absolute Gasteiger partial charge is 0.0522 e. The Morgan fingerprint density at radius 3 is 2.80 bits per heavy atom. The maximum absolute atomic E-state index is 6.24. The molecule has 0 aliphatic carbocycles. The number of rotatable bonds is 6. The molecule has 1 unspecified atom stereocenters. The molecule has 0 saturated heterocycles. The van der Waals surface area contributed by atoms with Gasteiger partial charge in [-0.15, -0.1) is 0 Å². The summed E-state index contributed by atoms with van der Waals surface area (Å²) in [5.74, 6) is 0. The normalized spacial score (nSPS) is 12.6. The van der Waals surface area contributed by atoms with E-state index in [2.05, 4.69) is 43.4 Å². The molecule has 1 heterocycles. The summed E-state index contributed by atoms with van der Waals surface area (Å²) in [6, 6.07) is 6.38. The lowest BCUT2D eigenvalue weighted by atomic mass is 9.96. The Morgan fingerprint density at radius 1 is 1.35 bits per heavy atom. The standard InChI is InChI=1S/C16H22ClN3/c1-4-18-16(9-13-10-19-20(5-2)11-13)14-7-6-8-15(17)12(14)3/h6-8,10-11,16,18H,4-5,9H2,1-3H3. The molecule has 1 N–H and O–H groups in total. The monoisotopic (exact) mass is 291 g/mol. The zero-order chi connectivity index (χ0) is 14.5. The topological polar surface area (TPSA) is 29.9 Å². The number of nitrogens with one attached hydrogen (secondary N) is 1. The van der Waals surface area contributed by atoms with Crippen LogP contribution in [0.2, 0.25) is 5.02 Å². The van der Waals surface area contributed by atoms with Gasteiger partial charge in [0.1, 0.15) is 0 Å². The summed E-state index contributed by atoms with van der Waals surface area (Å²) in [6.45, 7) is 8.14. The summed E-state index contributed by atoms with van der Waals surface area (Å²) in [7, 11) is 0. The fraction of sp³-hybridized carbons (Fsp3) is 0.438. The lowest BCUT2D eigenvalue weighted by molar-refractivity contribution is 0.547. The molecule has 2 rings (SSSR count). The number of benzene rings is 1. The largest absolute Gasteiger partial charge is 0.310 e. The number of halogens is 1. The zero-order valence-corrected chi connectivity index (χ0v) is 13.1. The second-order valence-corrected chi connectivity index (χ2v) is 5.38. The fourth-order valence-corrected chi connectivity index (χ4v) is 2.64. The molecule has 1 aromatic carbocycles. The molecule has 1 aromatic heterocycles. The Morgan fingerprint density at radius 2 is 2.15 bits per heavy atom. The van der Waals surface area contributed by atoms with Gasteiger partial charge in [-0.1, -0.05) is 30.7 Å². The van der Waals surface area contributed by atoms with Gasteiger partial charge in [-0.25, -0.2) is 0 Å². The highest BCUT2D eigenvalue weighted by atomic mass is 35.5. The molecule has 3 nitrogen and oxygen atoms in total. The van der Waals surface area contributed by atoms with Crippen LogP contribution >= 0.6 is 11.6 Å². The van der Waals surface area contributed by atoms with Crippen LogP contribution < -0.4 is 5.32 Å². The zero-order valence-electron chi connectivity index (χ0n) is 12.4. The lowest BCUT2D eigenvalue weighted by Crippen LogP contribution is -2.23. The van der Waals surface area contributed by atoms with Crippen molar-refractivity contribution < 1.29 is 0 Å². The van der Waals surface area contributed by atoms with E-state index >= 15 is 0 Å². The van der Waals surface area contributed by atoms with Crippen LogP contribution in [0.15, 0.2) is 30.6 Å². The first-order chi connectivity index (χ1) is 9.65. The van der Waals surface area contributed by atoms with Gasteiger partial charge in [0.15, 0.2) is 0 Å². The molecule has 0 amide bonds. The van der Waals surface area contributed by atoms with E-state index in [9.17, 15) is 0 Å². The summed E-state index contributed by atoms with van der Waals surface area (Å²) in [4.78, 5) is 0. The van der Waals surface area contributed by atoms with Gasteiger partial charge >= 0.3 is 0 Å². The Labute approximate surface area is 126 Å². The fourth-order valence-electron chi connectivity index (χ4n) is 2.46. The summed E-state index contributed by atoms with van der Waals surface area (Å²) < 4.78 is 1.96. The third kappa shape index (κ3) is 3.41. The molecule has 2 aromatic rings. The van der Waals surface area contributed by atoms with Gasteiger partial charge in [-0.2, -0.15) is 5.10 Å². The first-order valence-electron chi connectivity index (χ1n) is 7.15. The number of hydrogen-bond acceptors (Lipinski definition) is 2. The van der Waals surface area contributed by atoms with Gasteiger partial charge < -0.3 is 5.32 Å². The average Bonchev–Trinajstić information content (AvgIpc) is 2.89. The number of aromatic nitrogens is 2. The summed E-state index contributed by atoms with van der Waals surface area (Å²) in [5, 5.41) is 8.72. The molecule has 0 radical (unpaired) electrons. The van der Waals surface area contributed by atoms with Crippen molar-refractivity contribution in [3.63, 3.8) is 0 Å². The highest BCUT2D eigenvalue weighted by Crippen LogP contribution is 2.26. The molecule has 1 atom stereocenters. The first kappa shape index (κ1) is 15.1. The summed E-state index contributed by atoms with van der Waals surface area (Å²) >= 11 is 6.24. The van der Waals surface area contributed by atoms with Crippen LogP contribution in [0, 0.1) is 6.92 Å². The Hall–Kier alpha value is -1.32. The maximum atomic E-state index is 6.24. The third-order valence-electron chi connectivity index (χ3n) is 3.59. The van der Waals surface area contributed by atoms with Crippen molar-refractivity contribution in [3.05, 3.63) is 52.3 Å². The Balaban J connectivity index is 2.24. The SMILES string of the molecule is CCNC(Cc1cnn(CC)c1)c1cccc(Cl)c1C. The van der Waals surface area contributed by atoms with Crippen molar-refractivity contribution in [2.24, 2.45) is 0 Å². The van der Waals surface area contributed by atoms with Gasteiger partial charge in [-0.05, 0) is 49.6 Å². The second-order valence-electron chi connectivity index (χ2n) is 4.97. The van der Waals surface area contributed by atoms with Crippen molar-refractivity contribution in [3.8, 4) is 0 Å². The number of likely N-dealkylation sites (N-methyl/N-ethyl adjacent to an activating group) is 1. The van der Waals surface area contributed by atoms with Crippen molar-refractivity contribution in [1.29, 1.82) is 0 Å². The van der Waals surface area contributed by atoms with E-state index in [-0.39, 0.29) is 6.04 Å². The highest BCUT2D eigenvalue weighted by Gasteiger charge is 2.15. The van der Waals surface area contributed by atoms with E-state index in [1.807, 2.05) is 23.0 Å². The molecular formula is C16H22ClN3. The predicted molar refractivity (Wildman–Crippen MR) is 84.2 cm³/mol. The van der Waals surface area contributed by atoms with Crippen LogP contribution in [-0.4, -0.2) is 16.3 Å². The van der Waals surface area contributed by atoms with Gasteiger partial charge in [0.05, 0.1) is 6.20 Å². The van der Waals surface area contributed by atoms with Crippen molar-refractivity contribution >= 4 is 11.6 Å². The average molecular weight is 292 g/mol. The molecule has 0 spiro atoms. The second kappa shape index (κ2) is 6.91. The van der Waals surface area contributed by atoms with Crippen LogP contribution in [0.5, 0.6) is 0 Å². The molecule has 108 valence electrons. The van der Waals surface area contributed by atoms with Crippen molar-refractivity contribution in [2.75, 3.05) is 6.54 Å². The van der Waals surface area contributed by atoms with Crippen LogP contribution in [0.3, 0.4) is 0 Å². The lowest BCUT2D eigenvalue weighted by Gasteiger charge is -2.20. The quantitative estimate of drug-likeness (QED) is 0.878. The molecule has 0 aliphatic heterocycles. The maximum Gasteiger partial charge on any atom is 0.0522 e. The van der Waals surface area contributed by atoms with E-state index in [0.29, 0.717) is 0 Å². The molecule has 0 saturated carbocycles. The molecule has 0 fully saturated rings. The number of hydrogen-bond donors (Lipinski definition) is 1. The van der Waals surface area contributed by atoms with Crippen LogP contribution in [0.1, 0.15) is 36.6 Å². The minimum Gasteiger partial charge on any atom is -0.310 e. The van der Waals surface area contributed by atoms with Crippen LogP contribution in [0.25, 0.3) is 0 Å². The number of nitrogens with zero attached hydrogens (tertiary/aromatic N) is 2. The van der Waals surface area contributed by atoms with E-state index in [0.717, 1.165) is 30.1 Å². The molecule has 0 aliphatic rings. The van der Waals surface area contributed by atoms with Crippen molar-refractivity contribution in [2.45, 2.75) is 39.8 Å². The van der Waals surface area contributed by atoms with Gasteiger partial charge in [0, 0.05) is 23.8 Å². The van der Waals surface area contributed by atoms with E-state index in [1.54, 1.807) is 0 Å². The van der Waals surface area contributed by atoms with E-state index < -0.39 is 0 Å². The van der Waals surface area contributed by atoms with E-state index in [4.69, 9.17) is 11.6 Å². The summed E-state index contributed by atoms with van der Waals surface area (Å²) in [6.07, 6.45) is 4.99.